The first-order valence-electron chi connectivity index (χ1n) is 8.30. The molecule has 0 bridgehead atoms. The second-order valence-corrected chi connectivity index (χ2v) is 5.89. The van der Waals surface area contributed by atoms with Crippen LogP contribution in [0.5, 0.6) is 0 Å². The summed E-state index contributed by atoms with van der Waals surface area (Å²) >= 11 is 0. The van der Waals surface area contributed by atoms with E-state index in [1.165, 1.54) is 0 Å². The molecule has 0 heterocycles. The Hall–Kier alpha value is -0.200. The van der Waals surface area contributed by atoms with E-state index < -0.39 is 5.60 Å². The van der Waals surface area contributed by atoms with Gasteiger partial charge in [0.25, 0.3) is 0 Å². The minimum absolute atomic E-state index is 0.0612. The standard InChI is InChI=1S/C16H34O5/c17-11-3-1-7-15(8-5-13-19)16(21,10-6-14-20)9-2-4-12-18/h15,17-21H,1-14H2. The molecule has 21 heavy (non-hydrogen) atoms. The van der Waals surface area contributed by atoms with E-state index in [2.05, 4.69) is 0 Å². The summed E-state index contributed by atoms with van der Waals surface area (Å²) < 4.78 is 0. The fourth-order valence-corrected chi connectivity index (χ4v) is 2.98. The van der Waals surface area contributed by atoms with Crippen molar-refractivity contribution in [3.05, 3.63) is 0 Å². The van der Waals surface area contributed by atoms with Crippen LogP contribution in [-0.2, 0) is 0 Å². The van der Waals surface area contributed by atoms with Gasteiger partial charge in [0, 0.05) is 26.4 Å². The van der Waals surface area contributed by atoms with E-state index in [1.807, 2.05) is 0 Å². The van der Waals surface area contributed by atoms with Gasteiger partial charge in [0.2, 0.25) is 0 Å². The van der Waals surface area contributed by atoms with Gasteiger partial charge < -0.3 is 25.5 Å². The number of aliphatic hydroxyl groups is 5. The van der Waals surface area contributed by atoms with Crippen molar-refractivity contribution in [2.24, 2.45) is 5.92 Å². The Bertz CT molecular complexity index is 225. The Morgan fingerprint density at radius 2 is 1.05 bits per heavy atom. The van der Waals surface area contributed by atoms with E-state index >= 15 is 0 Å². The Kier molecular flexibility index (Phi) is 13.3. The average Bonchev–Trinajstić information content (AvgIpc) is 2.49. The first-order valence-corrected chi connectivity index (χ1v) is 8.30. The monoisotopic (exact) mass is 306 g/mol. The quantitative estimate of drug-likeness (QED) is 0.293. The predicted octanol–water partition coefficient (Wildman–Crippen LogP) is 1.20. The molecule has 0 fully saturated rings. The lowest BCUT2D eigenvalue weighted by Gasteiger charge is -2.37. The average molecular weight is 306 g/mol. The molecule has 0 aromatic rings. The summed E-state index contributed by atoms with van der Waals surface area (Å²) in [6.07, 6.45) is 6.96. The van der Waals surface area contributed by atoms with Crippen molar-refractivity contribution in [2.75, 3.05) is 26.4 Å². The normalized spacial score (nSPS) is 15.9. The van der Waals surface area contributed by atoms with Crippen molar-refractivity contribution in [1.82, 2.24) is 0 Å². The molecular formula is C16H34O5. The van der Waals surface area contributed by atoms with E-state index in [0.717, 1.165) is 32.1 Å². The van der Waals surface area contributed by atoms with Gasteiger partial charge in [-0.1, -0.05) is 6.42 Å². The maximum absolute atomic E-state index is 11.0. The SMILES string of the molecule is OCCCCC(CCCO)C(O)(CCCO)CCCCO. The lowest BCUT2D eigenvalue weighted by molar-refractivity contribution is -0.0491. The van der Waals surface area contributed by atoms with E-state index in [4.69, 9.17) is 20.4 Å². The van der Waals surface area contributed by atoms with Crippen LogP contribution in [0.25, 0.3) is 0 Å². The minimum atomic E-state index is -0.845. The van der Waals surface area contributed by atoms with Crippen LogP contribution in [0, 0.1) is 5.92 Å². The topological polar surface area (TPSA) is 101 Å². The summed E-state index contributed by atoms with van der Waals surface area (Å²) in [6.45, 7) is 0.461. The van der Waals surface area contributed by atoms with Gasteiger partial charge in [-0.05, 0) is 63.7 Å². The van der Waals surface area contributed by atoms with Crippen molar-refractivity contribution >= 4 is 0 Å². The zero-order valence-corrected chi connectivity index (χ0v) is 13.2. The van der Waals surface area contributed by atoms with Crippen molar-refractivity contribution in [3.8, 4) is 0 Å². The zero-order valence-electron chi connectivity index (χ0n) is 13.2. The molecule has 5 N–H and O–H groups in total. The van der Waals surface area contributed by atoms with E-state index in [9.17, 15) is 5.11 Å². The number of hydrogen-bond donors (Lipinski definition) is 5. The van der Waals surface area contributed by atoms with Gasteiger partial charge in [0.15, 0.2) is 0 Å². The highest BCUT2D eigenvalue weighted by molar-refractivity contribution is 4.86. The van der Waals surface area contributed by atoms with Crippen LogP contribution in [0.2, 0.25) is 0 Å². The Morgan fingerprint density at radius 1 is 0.571 bits per heavy atom. The van der Waals surface area contributed by atoms with Crippen LogP contribution in [0.15, 0.2) is 0 Å². The van der Waals surface area contributed by atoms with Gasteiger partial charge in [-0.15, -0.1) is 0 Å². The first kappa shape index (κ1) is 20.8. The maximum atomic E-state index is 11.0. The summed E-state index contributed by atoms with van der Waals surface area (Å²) in [6, 6.07) is 0. The molecule has 128 valence electrons. The molecule has 2 atom stereocenters. The number of unbranched alkanes of at least 4 members (excludes halogenated alkanes) is 2. The van der Waals surface area contributed by atoms with Crippen molar-refractivity contribution in [3.63, 3.8) is 0 Å². The van der Waals surface area contributed by atoms with Crippen LogP contribution >= 0.6 is 0 Å². The molecule has 0 saturated carbocycles. The van der Waals surface area contributed by atoms with E-state index in [1.54, 1.807) is 0 Å². The molecule has 0 rings (SSSR count). The van der Waals surface area contributed by atoms with Crippen molar-refractivity contribution in [2.45, 2.75) is 69.8 Å². The molecule has 2 unspecified atom stereocenters. The number of hydrogen-bond acceptors (Lipinski definition) is 5. The Balaban J connectivity index is 4.67. The van der Waals surface area contributed by atoms with Crippen LogP contribution < -0.4 is 0 Å². The summed E-state index contributed by atoms with van der Waals surface area (Å²) in [4.78, 5) is 0. The number of rotatable bonds is 15. The van der Waals surface area contributed by atoms with Crippen LogP contribution in [0.1, 0.15) is 64.2 Å². The van der Waals surface area contributed by atoms with Crippen molar-refractivity contribution in [1.29, 1.82) is 0 Å². The molecule has 0 aliphatic rings. The molecule has 0 aromatic carbocycles. The summed E-state index contributed by atoms with van der Waals surface area (Å²) in [5.41, 5.74) is -0.845. The number of aliphatic hydroxyl groups excluding tert-OH is 4. The summed E-state index contributed by atoms with van der Waals surface area (Å²) in [5, 5.41) is 46.9. The molecule has 0 radical (unpaired) electrons. The lowest BCUT2D eigenvalue weighted by Crippen LogP contribution is -2.38. The summed E-state index contributed by atoms with van der Waals surface area (Å²) in [5.74, 6) is 0.0708. The van der Waals surface area contributed by atoms with Gasteiger partial charge >= 0.3 is 0 Å². The minimum Gasteiger partial charge on any atom is -0.396 e. The third kappa shape index (κ3) is 9.42. The highest BCUT2D eigenvalue weighted by atomic mass is 16.3. The predicted molar refractivity (Wildman–Crippen MR) is 83.0 cm³/mol. The third-order valence-electron chi connectivity index (χ3n) is 4.22. The molecule has 0 aliphatic heterocycles. The smallest absolute Gasteiger partial charge is 0.0676 e. The summed E-state index contributed by atoms with van der Waals surface area (Å²) in [7, 11) is 0. The van der Waals surface area contributed by atoms with Gasteiger partial charge in [-0.25, -0.2) is 0 Å². The molecule has 0 amide bonds. The highest BCUT2D eigenvalue weighted by Gasteiger charge is 2.34. The lowest BCUT2D eigenvalue weighted by atomic mass is 9.75. The fraction of sp³-hybridized carbons (Fsp3) is 1.00. The van der Waals surface area contributed by atoms with Crippen LogP contribution in [0.3, 0.4) is 0 Å². The van der Waals surface area contributed by atoms with Gasteiger partial charge in [-0.3, -0.25) is 0 Å². The largest absolute Gasteiger partial charge is 0.396 e. The first-order chi connectivity index (χ1) is 10.1. The molecule has 5 heteroatoms. The van der Waals surface area contributed by atoms with Crippen LogP contribution in [-0.4, -0.2) is 57.6 Å². The molecule has 5 nitrogen and oxygen atoms in total. The van der Waals surface area contributed by atoms with Gasteiger partial charge in [0.05, 0.1) is 5.60 Å². The third-order valence-corrected chi connectivity index (χ3v) is 4.22. The molecule has 0 aliphatic carbocycles. The fourth-order valence-electron chi connectivity index (χ4n) is 2.98. The molecule has 0 saturated heterocycles. The highest BCUT2D eigenvalue weighted by Crippen LogP contribution is 2.35. The maximum Gasteiger partial charge on any atom is 0.0676 e. The Morgan fingerprint density at radius 3 is 1.62 bits per heavy atom. The van der Waals surface area contributed by atoms with Crippen molar-refractivity contribution < 1.29 is 25.5 Å². The zero-order chi connectivity index (χ0) is 16.0. The molecule has 0 aromatic heterocycles. The van der Waals surface area contributed by atoms with Gasteiger partial charge in [-0.2, -0.15) is 0 Å². The van der Waals surface area contributed by atoms with E-state index in [0.29, 0.717) is 32.1 Å². The second kappa shape index (κ2) is 13.5. The molecular weight excluding hydrogens is 272 g/mol. The van der Waals surface area contributed by atoms with Crippen LogP contribution in [0.4, 0.5) is 0 Å². The van der Waals surface area contributed by atoms with Gasteiger partial charge in [0.1, 0.15) is 0 Å². The molecule has 0 spiro atoms. The second-order valence-electron chi connectivity index (χ2n) is 5.89. The van der Waals surface area contributed by atoms with E-state index in [-0.39, 0.29) is 32.3 Å². The Labute approximate surface area is 128 Å².